The average Bonchev–Trinajstić information content (AvgIpc) is 3.33. The van der Waals surface area contributed by atoms with E-state index in [4.69, 9.17) is 11.6 Å². The van der Waals surface area contributed by atoms with Gasteiger partial charge in [-0.2, -0.15) is 0 Å². The molecule has 1 atom stereocenters. The molecule has 1 fully saturated rings. The summed E-state index contributed by atoms with van der Waals surface area (Å²) in [6, 6.07) is 6.59. The summed E-state index contributed by atoms with van der Waals surface area (Å²) in [5, 5.41) is 9.46. The maximum atomic E-state index is 6.79. The van der Waals surface area contributed by atoms with Gasteiger partial charge in [0.05, 0.1) is 22.9 Å². The third-order valence-corrected chi connectivity index (χ3v) is 6.67. The maximum Gasteiger partial charge on any atom is 0.180 e. The summed E-state index contributed by atoms with van der Waals surface area (Å²) in [6.07, 6.45) is 17.4. The second kappa shape index (κ2) is 6.81. The van der Waals surface area contributed by atoms with Crippen molar-refractivity contribution in [2.24, 2.45) is 5.92 Å². The lowest BCUT2D eigenvalue weighted by Gasteiger charge is -2.28. The highest BCUT2D eigenvalue weighted by molar-refractivity contribution is 6.35. The lowest BCUT2D eigenvalue weighted by atomic mass is 9.92. The predicted molar refractivity (Wildman–Crippen MR) is 119 cm³/mol. The number of rotatable bonds is 4. The van der Waals surface area contributed by atoms with Crippen molar-refractivity contribution in [2.45, 2.75) is 38.6 Å². The zero-order chi connectivity index (χ0) is 20.2. The molecule has 0 radical (unpaired) electrons. The lowest BCUT2D eigenvalue weighted by Crippen LogP contribution is -2.28. The molecule has 3 aromatic rings. The van der Waals surface area contributed by atoms with Crippen molar-refractivity contribution in [2.75, 3.05) is 4.90 Å². The Morgan fingerprint density at radius 1 is 1.17 bits per heavy atom. The second-order valence-electron chi connectivity index (χ2n) is 8.44. The Kier molecular flexibility index (Phi) is 4.06. The van der Waals surface area contributed by atoms with Crippen LogP contribution >= 0.6 is 11.6 Å². The van der Waals surface area contributed by atoms with Crippen LogP contribution in [0.2, 0.25) is 5.02 Å². The number of pyridine rings is 2. The molecule has 0 spiro atoms. The van der Waals surface area contributed by atoms with Gasteiger partial charge in [-0.3, -0.25) is 9.38 Å². The normalized spacial score (nSPS) is 20.5. The maximum absolute atomic E-state index is 6.79. The first-order valence-electron chi connectivity index (χ1n) is 10.5. The second-order valence-corrected chi connectivity index (χ2v) is 8.81. The molecule has 0 bridgehead atoms. The molecule has 6 heteroatoms. The minimum absolute atomic E-state index is 0.305. The SMILES string of the molecule is Cc1ccc(N2C=CC3=CC(c4ccn5c(CC6CC6)nnc5c4Cl)=CCC32)cn1. The Morgan fingerprint density at radius 2 is 2.07 bits per heavy atom. The smallest absolute Gasteiger partial charge is 0.180 e. The van der Waals surface area contributed by atoms with Crippen LogP contribution in [0.4, 0.5) is 5.69 Å². The van der Waals surface area contributed by atoms with Gasteiger partial charge in [0.2, 0.25) is 0 Å². The van der Waals surface area contributed by atoms with Gasteiger partial charge < -0.3 is 4.90 Å². The van der Waals surface area contributed by atoms with E-state index in [2.05, 4.69) is 68.9 Å². The Labute approximate surface area is 180 Å². The van der Waals surface area contributed by atoms with Crippen LogP contribution in [-0.4, -0.2) is 25.6 Å². The fraction of sp³-hybridized carbons (Fsp3) is 0.292. The van der Waals surface area contributed by atoms with Crippen molar-refractivity contribution in [3.63, 3.8) is 0 Å². The number of nitrogens with zero attached hydrogens (tertiary/aromatic N) is 5. The summed E-state index contributed by atoms with van der Waals surface area (Å²) in [4.78, 5) is 6.74. The van der Waals surface area contributed by atoms with Crippen molar-refractivity contribution < 1.29 is 0 Å². The molecule has 5 nitrogen and oxygen atoms in total. The molecule has 2 aliphatic carbocycles. The minimum Gasteiger partial charge on any atom is -0.339 e. The Bertz CT molecular complexity index is 1230. The number of halogens is 1. The van der Waals surface area contributed by atoms with Gasteiger partial charge in [0, 0.05) is 30.1 Å². The predicted octanol–water partition coefficient (Wildman–Crippen LogP) is 5.15. The summed E-state index contributed by atoms with van der Waals surface area (Å²) in [5.41, 5.74) is 6.36. The van der Waals surface area contributed by atoms with Gasteiger partial charge in [-0.05, 0) is 73.6 Å². The van der Waals surface area contributed by atoms with Gasteiger partial charge in [0.15, 0.2) is 5.65 Å². The molecule has 0 amide bonds. The van der Waals surface area contributed by atoms with Crippen LogP contribution in [0.15, 0.2) is 60.6 Å². The van der Waals surface area contributed by atoms with Crippen LogP contribution in [0.25, 0.3) is 11.2 Å². The fourth-order valence-electron chi connectivity index (χ4n) is 4.39. The molecule has 0 N–H and O–H groups in total. The Balaban J connectivity index is 1.30. The number of hydrogen-bond acceptors (Lipinski definition) is 4. The molecule has 3 aromatic heterocycles. The molecule has 4 heterocycles. The fourth-order valence-corrected chi connectivity index (χ4v) is 4.70. The summed E-state index contributed by atoms with van der Waals surface area (Å²) < 4.78 is 2.05. The van der Waals surface area contributed by atoms with E-state index in [-0.39, 0.29) is 0 Å². The van der Waals surface area contributed by atoms with Crippen molar-refractivity contribution in [1.29, 1.82) is 0 Å². The number of aromatic nitrogens is 4. The zero-order valence-corrected chi connectivity index (χ0v) is 17.5. The molecule has 0 aromatic carbocycles. The summed E-state index contributed by atoms with van der Waals surface area (Å²) in [5.74, 6) is 1.78. The van der Waals surface area contributed by atoms with Crippen molar-refractivity contribution >= 4 is 28.5 Å². The summed E-state index contributed by atoms with van der Waals surface area (Å²) in [6.45, 7) is 2.01. The van der Waals surface area contributed by atoms with E-state index in [1.807, 2.05) is 17.5 Å². The first-order valence-corrected chi connectivity index (χ1v) is 10.9. The number of anilines is 1. The first-order chi connectivity index (χ1) is 14.7. The van der Waals surface area contributed by atoms with E-state index in [1.54, 1.807) is 0 Å². The van der Waals surface area contributed by atoms with Crippen molar-refractivity contribution in [3.8, 4) is 0 Å². The highest BCUT2D eigenvalue weighted by Gasteiger charge is 2.28. The highest BCUT2D eigenvalue weighted by Crippen LogP contribution is 2.38. The van der Waals surface area contributed by atoms with E-state index in [0.717, 1.165) is 52.7 Å². The van der Waals surface area contributed by atoms with E-state index in [1.165, 1.54) is 18.4 Å². The molecule has 150 valence electrons. The van der Waals surface area contributed by atoms with Gasteiger partial charge in [-0.1, -0.05) is 17.7 Å². The average molecular weight is 416 g/mol. The molecule has 1 aliphatic heterocycles. The molecule has 0 saturated heterocycles. The summed E-state index contributed by atoms with van der Waals surface area (Å²) >= 11 is 6.79. The standard InChI is InChI=1S/C24H22ClN5/c1-15-2-6-19(14-26-15)29-10-8-18-13-17(5-7-21(18)29)20-9-11-30-22(12-16-3-4-16)27-28-24(30)23(20)25/h2,5-6,8-11,13-14,16,21H,3-4,7,12H2,1H3. The van der Waals surface area contributed by atoms with Gasteiger partial charge in [-0.15, -0.1) is 10.2 Å². The van der Waals surface area contributed by atoms with Gasteiger partial charge in [0.1, 0.15) is 5.82 Å². The van der Waals surface area contributed by atoms with E-state index < -0.39 is 0 Å². The van der Waals surface area contributed by atoms with Gasteiger partial charge >= 0.3 is 0 Å². The van der Waals surface area contributed by atoms with E-state index >= 15 is 0 Å². The molecule has 3 aliphatic rings. The van der Waals surface area contributed by atoms with Crippen LogP contribution in [0.5, 0.6) is 0 Å². The molecular formula is C24H22ClN5. The van der Waals surface area contributed by atoms with Crippen LogP contribution in [0, 0.1) is 12.8 Å². The number of allylic oxidation sites excluding steroid dienone is 2. The molecule has 1 unspecified atom stereocenters. The number of hydrogen-bond donors (Lipinski definition) is 0. The molecule has 1 saturated carbocycles. The van der Waals surface area contributed by atoms with Gasteiger partial charge in [0.25, 0.3) is 0 Å². The third-order valence-electron chi connectivity index (χ3n) is 6.29. The van der Waals surface area contributed by atoms with Gasteiger partial charge in [-0.25, -0.2) is 0 Å². The van der Waals surface area contributed by atoms with E-state index in [0.29, 0.717) is 11.1 Å². The van der Waals surface area contributed by atoms with Crippen molar-refractivity contribution in [3.05, 3.63) is 82.7 Å². The number of fused-ring (bicyclic) bond motifs is 2. The third kappa shape index (κ3) is 2.96. The molecule has 30 heavy (non-hydrogen) atoms. The summed E-state index contributed by atoms with van der Waals surface area (Å²) in [7, 11) is 0. The molecular weight excluding hydrogens is 394 g/mol. The molecule has 6 rings (SSSR count). The lowest BCUT2D eigenvalue weighted by molar-refractivity contribution is 0.758. The van der Waals surface area contributed by atoms with E-state index in [9.17, 15) is 0 Å². The Hall–Kier alpha value is -2.92. The topological polar surface area (TPSA) is 46.3 Å². The Morgan fingerprint density at radius 3 is 2.87 bits per heavy atom. The minimum atomic E-state index is 0.305. The quantitative estimate of drug-likeness (QED) is 0.590. The van der Waals surface area contributed by atoms with Crippen LogP contribution < -0.4 is 4.90 Å². The zero-order valence-electron chi connectivity index (χ0n) is 16.8. The number of aryl methyl sites for hydroxylation is 1. The monoisotopic (exact) mass is 415 g/mol. The van der Waals surface area contributed by atoms with Crippen molar-refractivity contribution in [1.82, 2.24) is 19.6 Å². The van der Waals surface area contributed by atoms with Crippen LogP contribution in [0.3, 0.4) is 0 Å². The van der Waals surface area contributed by atoms with Crippen LogP contribution in [0.1, 0.15) is 36.3 Å². The van der Waals surface area contributed by atoms with Crippen LogP contribution in [-0.2, 0) is 6.42 Å². The highest BCUT2D eigenvalue weighted by atomic mass is 35.5. The first kappa shape index (κ1) is 17.9. The largest absolute Gasteiger partial charge is 0.339 e.